The first kappa shape index (κ1) is 15.0. The Labute approximate surface area is 125 Å². The van der Waals surface area contributed by atoms with Gasteiger partial charge in [-0.15, -0.1) is 0 Å². The quantitative estimate of drug-likeness (QED) is 0.875. The standard InChI is InChI=1S/C17H20N2O2/c1-3-4-8-17(20)19-15-12-13(9-10-16(15)21-2)14-7-5-6-11-18-14/h5-7,9-12H,3-4,8H2,1-2H3,(H,19,20). The summed E-state index contributed by atoms with van der Waals surface area (Å²) in [5, 5.41) is 2.91. The van der Waals surface area contributed by atoms with Crippen LogP contribution in [0.3, 0.4) is 0 Å². The van der Waals surface area contributed by atoms with Gasteiger partial charge in [-0.25, -0.2) is 0 Å². The molecular formula is C17H20N2O2. The first-order chi connectivity index (χ1) is 10.2. The number of benzene rings is 1. The van der Waals surface area contributed by atoms with Gasteiger partial charge in [0.1, 0.15) is 5.75 Å². The SMILES string of the molecule is CCCCC(=O)Nc1cc(-c2ccccn2)ccc1OC. The molecule has 1 N–H and O–H groups in total. The lowest BCUT2D eigenvalue weighted by Gasteiger charge is -2.12. The second-order valence-corrected chi connectivity index (χ2v) is 4.78. The number of hydrogen-bond acceptors (Lipinski definition) is 3. The van der Waals surface area contributed by atoms with Crippen LogP contribution in [0.5, 0.6) is 5.75 Å². The average molecular weight is 284 g/mol. The molecule has 2 aromatic rings. The van der Waals surface area contributed by atoms with Crippen molar-refractivity contribution < 1.29 is 9.53 Å². The largest absolute Gasteiger partial charge is 0.495 e. The van der Waals surface area contributed by atoms with Gasteiger partial charge in [-0.2, -0.15) is 0 Å². The molecule has 4 nitrogen and oxygen atoms in total. The molecule has 0 aliphatic carbocycles. The molecule has 0 aliphatic rings. The van der Waals surface area contributed by atoms with Crippen molar-refractivity contribution in [3.05, 3.63) is 42.6 Å². The smallest absolute Gasteiger partial charge is 0.224 e. The summed E-state index contributed by atoms with van der Waals surface area (Å²) in [7, 11) is 1.59. The number of amides is 1. The lowest BCUT2D eigenvalue weighted by atomic mass is 10.1. The van der Waals surface area contributed by atoms with E-state index in [2.05, 4.69) is 17.2 Å². The summed E-state index contributed by atoms with van der Waals surface area (Å²) in [4.78, 5) is 16.2. The first-order valence-corrected chi connectivity index (χ1v) is 7.14. The van der Waals surface area contributed by atoms with Crippen LogP contribution in [0.15, 0.2) is 42.6 Å². The lowest BCUT2D eigenvalue weighted by Crippen LogP contribution is -2.11. The Kier molecular flexibility index (Phi) is 5.32. The summed E-state index contributed by atoms with van der Waals surface area (Å²) in [5.41, 5.74) is 2.49. The van der Waals surface area contributed by atoms with Crippen molar-refractivity contribution in [2.24, 2.45) is 0 Å². The zero-order valence-electron chi connectivity index (χ0n) is 12.4. The summed E-state index contributed by atoms with van der Waals surface area (Å²) in [6.07, 6.45) is 4.15. The third-order valence-electron chi connectivity index (χ3n) is 3.19. The Morgan fingerprint density at radius 1 is 1.29 bits per heavy atom. The molecule has 110 valence electrons. The van der Waals surface area contributed by atoms with Gasteiger partial charge in [0.15, 0.2) is 0 Å². The normalized spacial score (nSPS) is 10.2. The van der Waals surface area contributed by atoms with Crippen molar-refractivity contribution in [3.8, 4) is 17.0 Å². The highest BCUT2D eigenvalue weighted by atomic mass is 16.5. The highest BCUT2D eigenvalue weighted by molar-refractivity contribution is 5.93. The highest BCUT2D eigenvalue weighted by Crippen LogP contribution is 2.29. The van der Waals surface area contributed by atoms with Gasteiger partial charge in [-0.3, -0.25) is 9.78 Å². The number of anilines is 1. The van der Waals surface area contributed by atoms with Gasteiger partial charge in [0.05, 0.1) is 18.5 Å². The van der Waals surface area contributed by atoms with Crippen molar-refractivity contribution in [1.82, 2.24) is 4.98 Å². The van der Waals surface area contributed by atoms with E-state index in [4.69, 9.17) is 4.74 Å². The molecule has 0 fully saturated rings. The minimum absolute atomic E-state index is 0.00770. The van der Waals surface area contributed by atoms with Crippen LogP contribution in [-0.2, 0) is 4.79 Å². The van der Waals surface area contributed by atoms with E-state index in [-0.39, 0.29) is 5.91 Å². The fourth-order valence-corrected chi connectivity index (χ4v) is 2.05. The lowest BCUT2D eigenvalue weighted by molar-refractivity contribution is -0.116. The van der Waals surface area contributed by atoms with E-state index >= 15 is 0 Å². The van der Waals surface area contributed by atoms with Crippen molar-refractivity contribution in [2.45, 2.75) is 26.2 Å². The molecule has 0 bridgehead atoms. The maximum absolute atomic E-state index is 11.9. The van der Waals surface area contributed by atoms with Crippen LogP contribution in [0.2, 0.25) is 0 Å². The van der Waals surface area contributed by atoms with Crippen LogP contribution < -0.4 is 10.1 Å². The molecule has 0 saturated carbocycles. The zero-order valence-corrected chi connectivity index (χ0v) is 12.4. The molecular weight excluding hydrogens is 264 g/mol. The van der Waals surface area contributed by atoms with Crippen molar-refractivity contribution >= 4 is 11.6 Å². The molecule has 0 saturated heterocycles. The number of nitrogens with zero attached hydrogens (tertiary/aromatic N) is 1. The number of nitrogens with one attached hydrogen (secondary N) is 1. The van der Waals surface area contributed by atoms with Crippen molar-refractivity contribution in [1.29, 1.82) is 0 Å². The molecule has 1 heterocycles. The van der Waals surface area contributed by atoms with E-state index in [0.717, 1.165) is 24.1 Å². The van der Waals surface area contributed by atoms with E-state index in [1.54, 1.807) is 13.3 Å². The van der Waals surface area contributed by atoms with Crippen molar-refractivity contribution in [2.75, 3.05) is 12.4 Å². The summed E-state index contributed by atoms with van der Waals surface area (Å²) in [6, 6.07) is 11.4. The molecule has 1 aromatic carbocycles. The molecule has 0 spiro atoms. The number of carbonyl (C=O) groups excluding carboxylic acids is 1. The Bertz CT molecular complexity index is 597. The second-order valence-electron chi connectivity index (χ2n) is 4.78. The average Bonchev–Trinajstić information content (AvgIpc) is 2.53. The predicted molar refractivity (Wildman–Crippen MR) is 84.4 cm³/mol. The molecule has 21 heavy (non-hydrogen) atoms. The minimum Gasteiger partial charge on any atom is -0.495 e. The summed E-state index contributed by atoms with van der Waals surface area (Å²) in [6.45, 7) is 2.07. The summed E-state index contributed by atoms with van der Waals surface area (Å²) in [5.74, 6) is 0.660. The molecule has 1 amide bonds. The number of carbonyl (C=O) groups is 1. The molecule has 2 rings (SSSR count). The number of rotatable bonds is 6. The maximum Gasteiger partial charge on any atom is 0.224 e. The van der Waals surface area contributed by atoms with Gasteiger partial charge in [-0.1, -0.05) is 19.4 Å². The van der Waals surface area contributed by atoms with E-state index in [1.807, 2.05) is 36.4 Å². The zero-order chi connectivity index (χ0) is 15.1. The monoisotopic (exact) mass is 284 g/mol. The van der Waals surface area contributed by atoms with Crippen molar-refractivity contribution in [3.63, 3.8) is 0 Å². The Hall–Kier alpha value is -2.36. The Morgan fingerprint density at radius 3 is 2.81 bits per heavy atom. The number of unbranched alkanes of at least 4 members (excludes halogenated alkanes) is 1. The van der Waals surface area contributed by atoms with Gasteiger partial charge in [0.2, 0.25) is 5.91 Å². The van der Waals surface area contributed by atoms with Crippen LogP contribution in [0.4, 0.5) is 5.69 Å². The number of aromatic nitrogens is 1. The second kappa shape index (κ2) is 7.43. The third kappa shape index (κ3) is 4.05. The Morgan fingerprint density at radius 2 is 2.14 bits per heavy atom. The van der Waals surface area contributed by atoms with E-state index in [9.17, 15) is 4.79 Å². The first-order valence-electron chi connectivity index (χ1n) is 7.14. The molecule has 0 aliphatic heterocycles. The topological polar surface area (TPSA) is 51.2 Å². The molecule has 0 atom stereocenters. The van der Waals surface area contributed by atoms with E-state index in [1.165, 1.54) is 0 Å². The van der Waals surface area contributed by atoms with Crippen LogP contribution in [0.1, 0.15) is 26.2 Å². The predicted octanol–water partition coefficient (Wildman–Crippen LogP) is 3.89. The number of ether oxygens (including phenoxy) is 1. The van der Waals surface area contributed by atoms with Gasteiger partial charge in [-0.05, 0) is 36.8 Å². The molecule has 0 unspecified atom stereocenters. The molecule has 0 radical (unpaired) electrons. The van der Waals surface area contributed by atoms with E-state index < -0.39 is 0 Å². The molecule has 1 aromatic heterocycles. The molecule has 4 heteroatoms. The van der Waals surface area contributed by atoms with Gasteiger partial charge < -0.3 is 10.1 Å². The summed E-state index contributed by atoms with van der Waals surface area (Å²) >= 11 is 0. The number of methoxy groups -OCH3 is 1. The van der Waals surface area contributed by atoms with Gasteiger partial charge >= 0.3 is 0 Å². The van der Waals surface area contributed by atoms with Crippen LogP contribution in [-0.4, -0.2) is 18.0 Å². The van der Waals surface area contributed by atoms with Gasteiger partial charge in [0.25, 0.3) is 0 Å². The van der Waals surface area contributed by atoms with Crippen LogP contribution >= 0.6 is 0 Å². The number of pyridine rings is 1. The van der Waals surface area contributed by atoms with Gasteiger partial charge in [0, 0.05) is 18.2 Å². The van der Waals surface area contributed by atoms with Crippen LogP contribution in [0.25, 0.3) is 11.3 Å². The fourth-order valence-electron chi connectivity index (χ4n) is 2.05. The highest BCUT2D eigenvalue weighted by Gasteiger charge is 2.09. The summed E-state index contributed by atoms with van der Waals surface area (Å²) < 4.78 is 5.31. The fraction of sp³-hybridized carbons (Fsp3) is 0.294. The Balaban J connectivity index is 2.24. The van der Waals surface area contributed by atoms with Crippen LogP contribution in [0, 0.1) is 0 Å². The third-order valence-corrected chi connectivity index (χ3v) is 3.19. The maximum atomic E-state index is 11.9. The number of hydrogen-bond donors (Lipinski definition) is 1. The van der Waals surface area contributed by atoms with E-state index in [0.29, 0.717) is 17.9 Å². The minimum atomic E-state index is 0.00770.